The van der Waals surface area contributed by atoms with Crippen molar-refractivity contribution in [1.82, 2.24) is 4.90 Å². The predicted molar refractivity (Wildman–Crippen MR) is 146 cm³/mol. The Hall–Kier alpha value is -4.33. The molecule has 8 heteroatoms. The zero-order valence-electron chi connectivity index (χ0n) is 22.4. The van der Waals surface area contributed by atoms with Crippen LogP contribution in [0.25, 0.3) is 0 Å². The molecule has 0 bridgehead atoms. The van der Waals surface area contributed by atoms with Crippen LogP contribution < -0.4 is 9.64 Å². The van der Waals surface area contributed by atoms with Crippen molar-refractivity contribution in [1.29, 1.82) is 0 Å². The quantitative estimate of drug-likeness (QED) is 0.362. The maximum atomic E-state index is 12.9. The number of ether oxygens (including phenoxy) is 2. The average Bonchev–Trinajstić information content (AvgIpc) is 2.91. The first-order valence-electron chi connectivity index (χ1n) is 12.4. The summed E-state index contributed by atoms with van der Waals surface area (Å²) in [7, 11) is 3.02. The highest BCUT2D eigenvalue weighted by Gasteiger charge is 2.24. The maximum absolute atomic E-state index is 12.9. The maximum Gasteiger partial charge on any atom is 0.410 e. The van der Waals surface area contributed by atoms with Gasteiger partial charge in [-0.3, -0.25) is 9.59 Å². The van der Waals surface area contributed by atoms with E-state index in [1.807, 2.05) is 43.3 Å². The van der Waals surface area contributed by atoms with Gasteiger partial charge in [0.25, 0.3) is 0 Å². The van der Waals surface area contributed by atoms with Crippen LogP contribution in [0.3, 0.4) is 0 Å². The number of benzene rings is 3. The Morgan fingerprint density at radius 2 is 1.66 bits per heavy atom. The minimum absolute atomic E-state index is 0.137. The lowest BCUT2D eigenvalue weighted by molar-refractivity contribution is -0.138. The van der Waals surface area contributed by atoms with Crippen LogP contribution in [0, 0.1) is 0 Å². The minimum Gasteiger partial charge on any atom is -0.481 e. The van der Waals surface area contributed by atoms with E-state index in [9.17, 15) is 19.5 Å². The summed E-state index contributed by atoms with van der Waals surface area (Å²) in [5, 5.41) is 9.40. The number of nitrogens with zero attached hydrogens (tertiary/aromatic N) is 2. The van der Waals surface area contributed by atoms with Gasteiger partial charge in [-0.25, -0.2) is 4.79 Å². The third-order valence-electron chi connectivity index (χ3n) is 6.52. The van der Waals surface area contributed by atoms with Crippen molar-refractivity contribution < 1.29 is 29.0 Å². The fourth-order valence-corrected chi connectivity index (χ4v) is 4.06. The SMILES string of the molecule is COC(=O)N(Cc1cc(N(C)C(C)=O)ccc1Oc1cccc(C(C)C(=O)O)c1)C(C)Cc1ccccc1. The molecular formula is C30H34N2O6. The molecule has 2 amide bonds. The number of anilines is 1. The lowest BCUT2D eigenvalue weighted by Gasteiger charge is -2.29. The van der Waals surface area contributed by atoms with Crippen molar-refractivity contribution in [3.63, 3.8) is 0 Å². The molecule has 0 aliphatic carbocycles. The van der Waals surface area contributed by atoms with E-state index < -0.39 is 18.0 Å². The summed E-state index contributed by atoms with van der Waals surface area (Å²) in [6, 6.07) is 21.9. The smallest absolute Gasteiger partial charge is 0.410 e. The van der Waals surface area contributed by atoms with Crippen LogP contribution in [0.15, 0.2) is 72.8 Å². The molecule has 0 fully saturated rings. The van der Waals surface area contributed by atoms with Crippen molar-refractivity contribution in [2.75, 3.05) is 19.1 Å². The first kappa shape index (κ1) is 28.2. The first-order chi connectivity index (χ1) is 18.1. The minimum atomic E-state index is -0.930. The molecule has 200 valence electrons. The number of carbonyl (C=O) groups excluding carboxylic acids is 2. The Bertz CT molecular complexity index is 1280. The topological polar surface area (TPSA) is 96.4 Å². The number of aliphatic carboxylic acids is 1. The van der Waals surface area contributed by atoms with Crippen LogP contribution in [0.5, 0.6) is 11.5 Å². The largest absolute Gasteiger partial charge is 0.481 e. The number of amides is 2. The van der Waals surface area contributed by atoms with Gasteiger partial charge in [-0.1, -0.05) is 42.5 Å². The van der Waals surface area contributed by atoms with Crippen molar-refractivity contribution in [2.45, 2.75) is 45.7 Å². The molecule has 0 aliphatic rings. The number of carboxylic acid groups (broad SMARTS) is 1. The number of carbonyl (C=O) groups is 3. The Labute approximate surface area is 223 Å². The molecule has 0 aliphatic heterocycles. The van der Waals surface area contributed by atoms with Gasteiger partial charge in [-0.2, -0.15) is 0 Å². The first-order valence-corrected chi connectivity index (χ1v) is 12.4. The highest BCUT2D eigenvalue weighted by molar-refractivity contribution is 5.91. The Kier molecular flexibility index (Phi) is 9.49. The normalized spacial score (nSPS) is 12.2. The Balaban J connectivity index is 1.99. The molecule has 3 rings (SSSR count). The average molecular weight is 519 g/mol. The fourth-order valence-electron chi connectivity index (χ4n) is 4.06. The monoisotopic (exact) mass is 518 g/mol. The van der Waals surface area contributed by atoms with Crippen LogP contribution >= 0.6 is 0 Å². The molecule has 0 spiro atoms. The molecule has 0 saturated carbocycles. The van der Waals surface area contributed by atoms with Crippen LogP contribution in [0.4, 0.5) is 10.5 Å². The van der Waals surface area contributed by atoms with Gasteiger partial charge in [0.05, 0.1) is 19.6 Å². The highest BCUT2D eigenvalue weighted by Crippen LogP contribution is 2.32. The second-order valence-electron chi connectivity index (χ2n) is 9.24. The molecule has 0 aromatic heterocycles. The molecule has 3 aromatic carbocycles. The van der Waals surface area contributed by atoms with Gasteiger partial charge in [0.1, 0.15) is 11.5 Å². The van der Waals surface area contributed by atoms with Crippen LogP contribution in [-0.4, -0.2) is 48.2 Å². The molecule has 38 heavy (non-hydrogen) atoms. The Morgan fingerprint density at radius 1 is 0.947 bits per heavy atom. The molecule has 2 unspecified atom stereocenters. The van der Waals surface area contributed by atoms with Crippen molar-refractivity contribution in [3.8, 4) is 11.5 Å². The summed E-state index contributed by atoms with van der Waals surface area (Å²) < 4.78 is 11.3. The molecule has 2 atom stereocenters. The third-order valence-corrected chi connectivity index (χ3v) is 6.52. The molecule has 0 radical (unpaired) electrons. The molecule has 8 nitrogen and oxygen atoms in total. The van der Waals surface area contributed by atoms with E-state index in [1.54, 1.807) is 55.3 Å². The number of hydrogen-bond acceptors (Lipinski definition) is 5. The second-order valence-corrected chi connectivity index (χ2v) is 9.24. The number of carboxylic acids is 1. The van der Waals surface area contributed by atoms with Gasteiger partial charge in [0.2, 0.25) is 5.91 Å². The lowest BCUT2D eigenvalue weighted by Crippen LogP contribution is -2.39. The zero-order chi connectivity index (χ0) is 27.8. The molecule has 0 saturated heterocycles. The van der Waals surface area contributed by atoms with E-state index in [0.29, 0.717) is 34.7 Å². The van der Waals surface area contributed by atoms with Gasteiger partial charge in [0.15, 0.2) is 0 Å². The van der Waals surface area contributed by atoms with E-state index in [4.69, 9.17) is 9.47 Å². The molecule has 0 heterocycles. The van der Waals surface area contributed by atoms with Gasteiger partial charge >= 0.3 is 12.1 Å². The molecular weight excluding hydrogens is 484 g/mol. The van der Waals surface area contributed by atoms with Crippen LogP contribution in [0.2, 0.25) is 0 Å². The van der Waals surface area contributed by atoms with Crippen molar-refractivity contribution >= 4 is 23.7 Å². The summed E-state index contributed by atoms with van der Waals surface area (Å²) in [5.41, 5.74) is 3.00. The summed E-state index contributed by atoms with van der Waals surface area (Å²) >= 11 is 0. The van der Waals surface area contributed by atoms with E-state index >= 15 is 0 Å². The summed E-state index contributed by atoms with van der Waals surface area (Å²) in [6.07, 6.45) is 0.135. The van der Waals surface area contributed by atoms with E-state index in [2.05, 4.69) is 0 Å². The summed E-state index contributed by atoms with van der Waals surface area (Å²) in [5.74, 6) is -0.820. The zero-order valence-corrected chi connectivity index (χ0v) is 22.4. The van der Waals surface area contributed by atoms with E-state index in [0.717, 1.165) is 5.56 Å². The summed E-state index contributed by atoms with van der Waals surface area (Å²) in [4.78, 5) is 39.5. The number of methoxy groups -OCH3 is 1. The van der Waals surface area contributed by atoms with Gasteiger partial charge in [0, 0.05) is 31.3 Å². The fraction of sp³-hybridized carbons (Fsp3) is 0.300. The number of rotatable bonds is 10. The highest BCUT2D eigenvalue weighted by atomic mass is 16.5. The standard InChI is InChI=1S/C30H34N2O6/c1-20(16-23-10-7-6-8-11-23)32(30(36)37-5)19-25-17-26(31(4)22(3)33)14-15-28(25)38-27-13-9-12-24(18-27)21(2)29(34)35/h6-15,17-18,20-21H,16,19H2,1-5H3,(H,34,35). The van der Waals surface area contributed by atoms with E-state index in [-0.39, 0.29) is 18.5 Å². The second kappa shape index (κ2) is 12.8. The van der Waals surface area contributed by atoms with Gasteiger partial charge < -0.3 is 24.4 Å². The van der Waals surface area contributed by atoms with Crippen molar-refractivity contribution in [3.05, 3.63) is 89.5 Å². The number of hydrogen-bond donors (Lipinski definition) is 1. The summed E-state index contributed by atoms with van der Waals surface area (Å²) in [6.45, 7) is 5.21. The molecule has 3 aromatic rings. The lowest BCUT2D eigenvalue weighted by atomic mass is 10.0. The van der Waals surface area contributed by atoms with Crippen LogP contribution in [0.1, 0.15) is 43.4 Å². The third kappa shape index (κ3) is 7.12. The Morgan fingerprint density at radius 3 is 2.29 bits per heavy atom. The van der Waals surface area contributed by atoms with Crippen LogP contribution in [-0.2, 0) is 27.3 Å². The molecule has 1 N–H and O–H groups in total. The van der Waals surface area contributed by atoms with Gasteiger partial charge in [-0.05, 0) is 61.7 Å². The van der Waals surface area contributed by atoms with E-state index in [1.165, 1.54) is 18.9 Å². The van der Waals surface area contributed by atoms with Crippen molar-refractivity contribution in [2.24, 2.45) is 0 Å². The van der Waals surface area contributed by atoms with Gasteiger partial charge in [-0.15, -0.1) is 0 Å². The predicted octanol–water partition coefficient (Wildman–Crippen LogP) is 5.85.